The van der Waals surface area contributed by atoms with E-state index >= 15 is 0 Å². The number of pyridine rings is 1. The third-order valence-corrected chi connectivity index (χ3v) is 4.58. The predicted octanol–water partition coefficient (Wildman–Crippen LogP) is 4.24. The fourth-order valence-electron chi connectivity index (χ4n) is 2.92. The highest BCUT2D eigenvalue weighted by molar-refractivity contribution is 5.72. The molecule has 0 radical (unpaired) electrons. The maximum absolute atomic E-state index is 11.0. The molecule has 0 spiro atoms. The molecule has 1 heterocycles. The zero-order chi connectivity index (χ0) is 21.2. The molecule has 6 heteroatoms. The second kappa shape index (κ2) is 11.0. The van der Waals surface area contributed by atoms with Crippen molar-refractivity contribution in [3.8, 4) is 22.6 Å². The Balaban J connectivity index is 1.37. The third kappa shape index (κ3) is 6.32. The lowest BCUT2D eigenvalue weighted by atomic mass is 10.1. The number of hydrogen-bond acceptors (Lipinski definition) is 5. The van der Waals surface area contributed by atoms with Gasteiger partial charge in [-0.25, -0.2) is 4.79 Å². The van der Waals surface area contributed by atoms with E-state index in [0.29, 0.717) is 19.6 Å². The van der Waals surface area contributed by atoms with Crippen LogP contribution in [0.2, 0.25) is 0 Å². The first-order valence-electron chi connectivity index (χ1n) is 9.76. The summed E-state index contributed by atoms with van der Waals surface area (Å²) in [6, 6.07) is 19.2. The summed E-state index contributed by atoms with van der Waals surface area (Å²) in [5, 5.41) is 9.04. The van der Waals surface area contributed by atoms with Crippen LogP contribution in [0.5, 0.6) is 11.5 Å². The first kappa shape index (κ1) is 21.3. The molecule has 0 fully saturated rings. The fourth-order valence-corrected chi connectivity index (χ4v) is 2.92. The minimum atomic E-state index is -0.968. The van der Waals surface area contributed by atoms with Gasteiger partial charge in [-0.05, 0) is 47.0 Å². The summed E-state index contributed by atoms with van der Waals surface area (Å²) in [5.41, 5.74) is 3.06. The van der Waals surface area contributed by atoms with Crippen molar-refractivity contribution in [3.05, 3.63) is 78.6 Å². The number of hydrogen-bond donors (Lipinski definition) is 1. The van der Waals surface area contributed by atoms with Gasteiger partial charge in [0.15, 0.2) is 6.10 Å². The second-order valence-electron chi connectivity index (χ2n) is 6.73. The molecule has 0 amide bonds. The van der Waals surface area contributed by atoms with E-state index < -0.39 is 12.1 Å². The molecule has 0 aliphatic carbocycles. The van der Waals surface area contributed by atoms with Crippen molar-refractivity contribution < 1.29 is 24.1 Å². The second-order valence-corrected chi connectivity index (χ2v) is 6.73. The summed E-state index contributed by atoms with van der Waals surface area (Å²) in [5.74, 6) is 0.589. The van der Waals surface area contributed by atoms with Crippen LogP contribution in [0.4, 0.5) is 0 Å². The van der Waals surface area contributed by atoms with Crippen LogP contribution in [0.15, 0.2) is 73.1 Å². The van der Waals surface area contributed by atoms with Crippen LogP contribution in [0.3, 0.4) is 0 Å². The van der Waals surface area contributed by atoms with Gasteiger partial charge in [0.2, 0.25) is 0 Å². The molecule has 2 aromatic carbocycles. The molecular weight excluding hydrogens is 382 g/mol. The molecule has 0 saturated heterocycles. The average molecular weight is 407 g/mol. The summed E-state index contributed by atoms with van der Waals surface area (Å²) < 4.78 is 16.4. The Labute approximate surface area is 176 Å². The molecule has 0 aliphatic rings. The van der Waals surface area contributed by atoms with Crippen LogP contribution in [-0.2, 0) is 16.0 Å². The molecule has 3 aromatic rings. The van der Waals surface area contributed by atoms with E-state index in [9.17, 15) is 4.79 Å². The molecular formula is C24H25NO5. The Morgan fingerprint density at radius 3 is 2.10 bits per heavy atom. The van der Waals surface area contributed by atoms with Crippen molar-refractivity contribution in [1.29, 1.82) is 0 Å². The molecule has 6 nitrogen and oxygen atoms in total. The highest BCUT2D eigenvalue weighted by Gasteiger charge is 2.16. The molecule has 1 N–H and O–H groups in total. The number of aromatic nitrogens is 1. The van der Waals surface area contributed by atoms with E-state index in [0.717, 1.165) is 34.6 Å². The van der Waals surface area contributed by atoms with Crippen molar-refractivity contribution in [2.24, 2.45) is 0 Å². The van der Waals surface area contributed by atoms with Crippen molar-refractivity contribution in [2.75, 3.05) is 20.3 Å². The number of carboxylic acids is 1. The Bertz CT molecular complexity index is 911. The molecule has 0 bridgehead atoms. The lowest BCUT2D eigenvalue weighted by molar-refractivity contribution is -0.148. The smallest absolute Gasteiger partial charge is 0.333 e. The monoisotopic (exact) mass is 407 g/mol. The molecule has 156 valence electrons. The van der Waals surface area contributed by atoms with Gasteiger partial charge in [-0.2, -0.15) is 0 Å². The fraction of sp³-hybridized carbons (Fsp3) is 0.250. The summed E-state index contributed by atoms with van der Waals surface area (Å²) in [6.45, 7) is 1.08. The van der Waals surface area contributed by atoms with Crippen molar-refractivity contribution in [1.82, 2.24) is 4.98 Å². The van der Waals surface area contributed by atoms with Crippen LogP contribution >= 0.6 is 0 Å². The molecule has 30 heavy (non-hydrogen) atoms. The summed E-state index contributed by atoms with van der Waals surface area (Å²) in [4.78, 5) is 15.2. The van der Waals surface area contributed by atoms with Crippen molar-refractivity contribution >= 4 is 5.97 Å². The number of aliphatic carboxylic acids is 1. The van der Waals surface area contributed by atoms with Crippen LogP contribution < -0.4 is 9.47 Å². The lowest BCUT2D eigenvalue weighted by Gasteiger charge is -2.11. The van der Waals surface area contributed by atoms with Gasteiger partial charge in [-0.15, -0.1) is 0 Å². The number of rotatable bonds is 11. The molecule has 0 saturated carbocycles. The standard InChI is InChI=1S/C24H25NO5/c1-28-23(24(26)27)16-18-5-9-21(10-6-18)29-14-3-15-30-22-11-7-19(8-12-22)20-4-2-13-25-17-20/h2,4-13,17,23H,3,14-16H2,1H3,(H,26,27)/t23-/m0/s1. The van der Waals surface area contributed by atoms with Gasteiger partial charge in [0.25, 0.3) is 0 Å². The maximum atomic E-state index is 11.0. The Morgan fingerprint density at radius 2 is 1.57 bits per heavy atom. The number of carboxylic acid groups (broad SMARTS) is 1. The molecule has 0 unspecified atom stereocenters. The van der Waals surface area contributed by atoms with Crippen LogP contribution in [-0.4, -0.2) is 42.5 Å². The average Bonchev–Trinajstić information content (AvgIpc) is 2.79. The van der Waals surface area contributed by atoms with E-state index in [1.54, 1.807) is 6.20 Å². The Kier molecular flexibility index (Phi) is 7.80. The molecule has 1 aromatic heterocycles. The van der Waals surface area contributed by atoms with Gasteiger partial charge < -0.3 is 19.3 Å². The predicted molar refractivity (Wildman–Crippen MR) is 114 cm³/mol. The van der Waals surface area contributed by atoms with E-state index in [-0.39, 0.29) is 0 Å². The van der Waals surface area contributed by atoms with Gasteiger partial charge in [-0.1, -0.05) is 30.3 Å². The van der Waals surface area contributed by atoms with Crippen LogP contribution in [0.25, 0.3) is 11.1 Å². The number of ether oxygens (including phenoxy) is 3. The first-order chi connectivity index (χ1) is 14.7. The largest absolute Gasteiger partial charge is 0.493 e. The van der Waals surface area contributed by atoms with Gasteiger partial charge in [0, 0.05) is 32.3 Å². The third-order valence-electron chi connectivity index (χ3n) is 4.58. The van der Waals surface area contributed by atoms with Gasteiger partial charge in [-0.3, -0.25) is 4.98 Å². The van der Waals surface area contributed by atoms with E-state index in [2.05, 4.69) is 4.98 Å². The van der Waals surface area contributed by atoms with Gasteiger partial charge in [0.05, 0.1) is 13.2 Å². The van der Waals surface area contributed by atoms with Crippen molar-refractivity contribution in [2.45, 2.75) is 18.9 Å². The number of methoxy groups -OCH3 is 1. The number of carbonyl (C=O) groups is 1. The Hall–Kier alpha value is -3.38. The van der Waals surface area contributed by atoms with E-state index in [1.165, 1.54) is 7.11 Å². The summed E-state index contributed by atoms with van der Waals surface area (Å²) in [7, 11) is 1.40. The van der Waals surface area contributed by atoms with Crippen molar-refractivity contribution in [3.63, 3.8) is 0 Å². The van der Waals surface area contributed by atoms with Crippen LogP contribution in [0, 0.1) is 0 Å². The first-order valence-corrected chi connectivity index (χ1v) is 9.76. The highest BCUT2D eigenvalue weighted by atomic mass is 16.5. The SMILES string of the molecule is CO[C@@H](Cc1ccc(OCCCOc2ccc(-c3cccnc3)cc2)cc1)C(=O)O. The quantitative estimate of drug-likeness (QED) is 0.479. The van der Waals surface area contributed by atoms with Crippen LogP contribution in [0.1, 0.15) is 12.0 Å². The summed E-state index contributed by atoms with van der Waals surface area (Å²) in [6.07, 6.45) is 3.82. The molecule has 3 rings (SSSR count). The summed E-state index contributed by atoms with van der Waals surface area (Å²) >= 11 is 0. The maximum Gasteiger partial charge on any atom is 0.333 e. The van der Waals surface area contributed by atoms with Gasteiger partial charge >= 0.3 is 5.97 Å². The minimum Gasteiger partial charge on any atom is -0.493 e. The van der Waals surface area contributed by atoms with E-state index in [4.69, 9.17) is 19.3 Å². The topological polar surface area (TPSA) is 77.9 Å². The zero-order valence-electron chi connectivity index (χ0n) is 16.9. The van der Waals surface area contributed by atoms with E-state index in [1.807, 2.05) is 66.9 Å². The normalized spacial score (nSPS) is 11.6. The van der Waals surface area contributed by atoms with Gasteiger partial charge in [0.1, 0.15) is 11.5 Å². The zero-order valence-corrected chi connectivity index (χ0v) is 16.9. The molecule has 0 aliphatic heterocycles. The molecule has 1 atom stereocenters. The number of benzene rings is 2. The minimum absolute atomic E-state index is 0.319. The number of nitrogens with zero attached hydrogens (tertiary/aromatic N) is 1. The lowest BCUT2D eigenvalue weighted by Crippen LogP contribution is -2.24. The highest BCUT2D eigenvalue weighted by Crippen LogP contribution is 2.21. The Morgan fingerprint density at radius 1 is 0.933 bits per heavy atom.